The summed E-state index contributed by atoms with van der Waals surface area (Å²) in [6, 6.07) is 4.30. The smallest absolute Gasteiger partial charge is 0.374 e. The summed E-state index contributed by atoms with van der Waals surface area (Å²) >= 11 is 5.56. The Morgan fingerprint density at radius 3 is 2.16 bits per heavy atom. The van der Waals surface area contributed by atoms with Crippen molar-refractivity contribution in [1.82, 2.24) is 0 Å². The molecule has 19 heavy (non-hydrogen) atoms. The van der Waals surface area contributed by atoms with E-state index in [9.17, 15) is 13.2 Å². The molecule has 0 saturated heterocycles. The molecule has 0 atom stereocenters. The van der Waals surface area contributed by atoms with E-state index in [1.807, 2.05) is 25.7 Å². The molecule has 0 bridgehead atoms. The molecule has 0 saturated carbocycles. The van der Waals surface area contributed by atoms with Gasteiger partial charge in [-0.25, -0.2) is 0 Å². The van der Waals surface area contributed by atoms with Crippen molar-refractivity contribution in [1.29, 1.82) is 0 Å². The van der Waals surface area contributed by atoms with E-state index in [1.54, 1.807) is 13.1 Å². The maximum absolute atomic E-state index is 12.9. The maximum atomic E-state index is 12.9. The van der Waals surface area contributed by atoms with Crippen LogP contribution in [0.4, 0.5) is 18.9 Å². The van der Waals surface area contributed by atoms with Crippen LogP contribution in [0.2, 0.25) is 0 Å². The molecular formula is C14H19ClF3N. The van der Waals surface area contributed by atoms with E-state index < -0.39 is 11.7 Å². The Bertz CT molecular complexity index is 435. The van der Waals surface area contributed by atoms with Crippen molar-refractivity contribution >= 4 is 17.3 Å². The lowest BCUT2D eigenvalue weighted by molar-refractivity contribution is -0.138. The van der Waals surface area contributed by atoms with Gasteiger partial charge in [0.1, 0.15) is 0 Å². The van der Waals surface area contributed by atoms with Crippen LogP contribution in [0.25, 0.3) is 0 Å². The summed E-state index contributed by atoms with van der Waals surface area (Å²) in [5.74, 6) is -0.141. The normalized spacial score (nSPS) is 12.6. The fraction of sp³-hybridized carbons (Fsp3) is 0.571. The van der Waals surface area contributed by atoms with E-state index >= 15 is 0 Å². The molecule has 0 fully saturated rings. The molecule has 0 radical (unpaired) electrons. The van der Waals surface area contributed by atoms with E-state index in [1.165, 1.54) is 12.1 Å². The third kappa shape index (κ3) is 4.60. The summed E-state index contributed by atoms with van der Waals surface area (Å²) in [4.78, 5) is 1.83. The predicted octanol–water partition coefficient (Wildman–Crippen LogP) is 4.93. The lowest BCUT2D eigenvalue weighted by Crippen LogP contribution is -2.29. The molecule has 0 aliphatic heterocycles. The molecule has 1 aromatic carbocycles. The van der Waals surface area contributed by atoms with E-state index in [0.717, 1.165) is 0 Å². The molecule has 0 aliphatic rings. The van der Waals surface area contributed by atoms with Gasteiger partial charge in [-0.05, 0) is 23.1 Å². The molecule has 0 N–H and O–H groups in total. The third-order valence-corrected chi connectivity index (χ3v) is 2.98. The van der Waals surface area contributed by atoms with E-state index in [2.05, 4.69) is 0 Å². The molecule has 108 valence electrons. The van der Waals surface area contributed by atoms with Gasteiger partial charge in [0.15, 0.2) is 0 Å². The van der Waals surface area contributed by atoms with Crippen LogP contribution < -0.4 is 4.90 Å². The fourth-order valence-corrected chi connectivity index (χ4v) is 2.22. The Morgan fingerprint density at radius 1 is 1.16 bits per heavy atom. The van der Waals surface area contributed by atoms with Crippen LogP contribution in [0.3, 0.4) is 0 Å². The molecule has 0 spiro atoms. The van der Waals surface area contributed by atoms with Crippen LogP contribution in [0.5, 0.6) is 0 Å². The van der Waals surface area contributed by atoms with Crippen LogP contribution in [0.1, 0.15) is 31.9 Å². The van der Waals surface area contributed by atoms with Crippen molar-refractivity contribution in [3.05, 3.63) is 29.3 Å². The number of benzene rings is 1. The first-order chi connectivity index (χ1) is 8.54. The van der Waals surface area contributed by atoms with Gasteiger partial charge < -0.3 is 4.90 Å². The van der Waals surface area contributed by atoms with Crippen LogP contribution in [-0.4, -0.2) is 13.6 Å². The first-order valence-corrected chi connectivity index (χ1v) is 6.55. The second-order valence-electron chi connectivity index (χ2n) is 5.89. The monoisotopic (exact) mass is 293 g/mol. The average Bonchev–Trinajstić information content (AvgIpc) is 2.24. The predicted molar refractivity (Wildman–Crippen MR) is 73.7 cm³/mol. The number of halogens is 4. The third-order valence-electron chi connectivity index (χ3n) is 2.70. The van der Waals surface area contributed by atoms with Crippen molar-refractivity contribution in [3.8, 4) is 0 Å². The van der Waals surface area contributed by atoms with Crippen LogP contribution in [0, 0.1) is 5.41 Å². The van der Waals surface area contributed by atoms with Gasteiger partial charge in [-0.3, -0.25) is 0 Å². The second kappa shape index (κ2) is 5.61. The summed E-state index contributed by atoms with van der Waals surface area (Å²) < 4.78 is 38.8. The molecule has 5 heteroatoms. The van der Waals surface area contributed by atoms with Crippen molar-refractivity contribution in [2.45, 2.75) is 32.8 Å². The van der Waals surface area contributed by atoms with Gasteiger partial charge in [-0.15, -0.1) is 11.6 Å². The first kappa shape index (κ1) is 16.2. The number of anilines is 1. The standard InChI is InChI=1S/C14H19ClF3N/c1-13(2,3)9-19(4)11-6-5-10(8-15)12(7-11)14(16,17)18/h5-7H,8-9H2,1-4H3. The van der Waals surface area contributed by atoms with E-state index in [4.69, 9.17) is 11.6 Å². The first-order valence-electron chi connectivity index (χ1n) is 6.02. The van der Waals surface area contributed by atoms with Crippen molar-refractivity contribution in [2.75, 3.05) is 18.5 Å². The number of alkyl halides is 4. The summed E-state index contributed by atoms with van der Waals surface area (Å²) in [7, 11) is 1.79. The average molecular weight is 294 g/mol. The number of nitrogens with zero attached hydrogens (tertiary/aromatic N) is 1. The fourth-order valence-electron chi connectivity index (χ4n) is 1.99. The zero-order valence-electron chi connectivity index (χ0n) is 11.6. The molecule has 1 nitrogen and oxygen atoms in total. The summed E-state index contributed by atoms with van der Waals surface area (Å²) in [6.07, 6.45) is -4.37. The SMILES string of the molecule is CN(CC(C)(C)C)c1ccc(CCl)c(C(F)(F)F)c1. The Morgan fingerprint density at radius 2 is 1.74 bits per heavy atom. The van der Waals surface area contributed by atoms with Crippen molar-refractivity contribution in [2.24, 2.45) is 5.41 Å². The summed E-state index contributed by atoms with van der Waals surface area (Å²) in [5, 5.41) is 0. The van der Waals surface area contributed by atoms with Gasteiger partial charge in [0.25, 0.3) is 0 Å². The maximum Gasteiger partial charge on any atom is 0.416 e. The van der Waals surface area contributed by atoms with Crippen LogP contribution >= 0.6 is 11.6 Å². The summed E-state index contributed by atoms with van der Waals surface area (Å²) in [6.45, 7) is 6.80. The highest BCUT2D eigenvalue weighted by atomic mass is 35.5. The van der Waals surface area contributed by atoms with Gasteiger partial charge in [0, 0.05) is 25.2 Å². The Labute approximate surface area is 117 Å². The summed E-state index contributed by atoms with van der Waals surface area (Å²) in [5.41, 5.74) is 0.0251. The van der Waals surface area contributed by atoms with Gasteiger partial charge in [0.2, 0.25) is 0 Å². The van der Waals surface area contributed by atoms with E-state index in [0.29, 0.717) is 12.2 Å². The highest BCUT2D eigenvalue weighted by Crippen LogP contribution is 2.35. The quantitative estimate of drug-likeness (QED) is 0.715. The molecule has 1 rings (SSSR count). The van der Waals surface area contributed by atoms with Crippen molar-refractivity contribution < 1.29 is 13.2 Å². The Kier molecular flexibility index (Phi) is 4.77. The molecule has 0 amide bonds. The number of hydrogen-bond donors (Lipinski definition) is 0. The molecule has 0 aromatic heterocycles. The molecule has 0 heterocycles. The minimum Gasteiger partial charge on any atom is -0.374 e. The van der Waals surface area contributed by atoms with E-state index in [-0.39, 0.29) is 16.9 Å². The number of hydrogen-bond acceptors (Lipinski definition) is 1. The van der Waals surface area contributed by atoms with Crippen LogP contribution in [0.15, 0.2) is 18.2 Å². The lowest BCUT2D eigenvalue weighted by atomic mass is 9.96. The minimum absolute atomic E-state index is 0.0122. The largest absolute Gasteiger partial charge is 0.416 e. The molecule has 0 unspecified atom stereocenters. The number of rotatable bonds is 3. The lowest BCUT2D eigenvalue weighted by Gasteiger charge is -2.29. The Hall–Kier alpha value is -0.900. The van der Waals surface area contributed by atoms with Crippen LogP contribution in [-0.2, 0) is 12.1 Å². The second-order valence-corrected chi connectivity index (χ2v) is 6.16. The molecule has 0 aliphatic carbocycles. The van der Waals surface area contributed by atoms with Gasteiger partial charge >= 0.3 is 6.18 Å². The topological polar surface area (TPSA) is 3.24 Å². The molecule has 1 aromatic rings. The molecular weight excluding hydrogens is 275 g/mol. The van der Waals surface area contributed by atoms with Gasteiger partial charge in [-0.2, -0.15) is 13.2 Å². The highest BCUT2D eigenvalue weighted by Gasteiger charge is 2.33. The zero-order chi connectivity index (χ0) is 14.8. The highest BCUT2D eigenvalue weighted by molar-refractivity contribution is 6.17. The Balaban J connectivity index is 3.12. The van der Waals surface area contributed by atoms with Crippen molar-refractivity contribution in [3.63, 3.8) is 0 Å². The van der Waals surface area contributed by atoms with Gasteiger partial charge in [-0.1, -0.05) is 26.8 Å². The minimum atomic E-state index is -4.37. The van der Waals surface area contributed by atoms with Gasteiger partial charge in [0.05, 0.1) is 5.56 Å². The zero-order valence-corrected chi connectivity index (χ0v) is 12.4.